The van der Waals surface area contributed by atoms with Crippen LogP contribution in [0.3, 0.4) is 0 Å². The first-order valence-corrected chi connectivity index (χ1v) is 9.05. The van der Waals surface area contributed by atoms with Crippen LogP contribution in [0.15, 0.2) is 59.5 Å². The highest BCUT2D eigenvalue weighted by atomic mass is 32.2. The maximum atomic E-state index is 12.2. The molecule has 2 aromatic carbocycles. The average Bonchev–Trinajstić information content (AvgIpc) is 2.63. The van der Waals surface area contributed by atoms with E-state index in [9.17, 15) is 13.2 Å². The molecule has 1 heterocycles. The van der Waals surface area contributed by atoms with Crippen LogP contribution in [-0.2, 0) is 14.9 Å². The minimum atomic E-state index is -3.89. The Balaban J connectivity index is 1.71. The van der Waals surface area contributed by atoms with Gasteiger partial charge in [-0.05, 0) is 29.8 Å². The summed E-state index contributed by atoms with van der Waals surface area (Å²) >= 11 is 0. The Labute approximate surface area is 145 Å². The molecular formula is C17H17NO6S. The molecule has 1 amide bonds. The van der Waals surface area contributed by atoms with E-state index in [1.807, 2.05) is 0 Å². The first kappa shape index (κ1) is 17.2. The Hall–Kier alpha value is -2.58. The maximum absolute atomic E-state index is 12.2. The van der Waals surface area contributed by atoms with Crippen LogP contribution in [0.4, 0.5) is 4.79 Å². The highest BCUT2D eigenvalue weighted by Crippen LogP contribution is 2.25. The number of carbonyl (C=O) groups is 1. The van der Waals surface area contributed by atoms with Gasteiger partial charge in [-0.15, -0.1) is 0 Å². The Morgan fingerprint density at radius 2 is 1.80 bits per heavy atom. The molecule has 25 heavy (non-hydrogen) atoms. The summed E-state index contributed by atoms with van der Waals surface area (Å²) in [6, 6.07) is 14.3. The summed E-state index contributed by atoms with van der Waals surface area (Å²) in [7, 11) is -3.89. The molecule has 2 aromatic rings. The number of rotatable bonds is 4. The van der Waals surface area contributed by atoms with E-state index in [-0.39, 0.29) is 23.3 Å². The highest BCUT2D eigenvalue weighted by molar-refractivity contribution is 7.87. The molecular weight excluding hydrogens is 346 g/mol. The SMILES string of the molecule is O=C(O)N1CCO[C@@H](c2ccc(OS(=O)(=O)c3ccccc3)cc2)C1. The number of carboxylic acid groups (broad SMARTS) is 1. The van der Waals surface area contributed by atoms with Crippen LogP contribution in [0.25, 0.3) is 0 Å². The maximum Gasteiger partial charge on any atom is 0.407 e. The van der Waals surface area contributed by atoms with Gasteiger partial charge in [0.05, 0.1) is 13.2 Å². The Morgan fingerprint density at radius 1 is 1.12 bits per heavy atom. The summed E-state index contributed by atoms with van der Waals surface area (Å²) < 4.78 is 35.1. The third-order valence-electron chi connectivity index (χ3n) is 3.83. The Morgan fingerprint density at radius 3 is 2.44 bits per heavy atom. The molecule has 1 atom stereocenters. The van der Waals surface area contributed by atoms with Crippen LogP contribution in [-0.4, -0.2) is 44.2 Å². The molecule has 132 valence electrons. The molecule has 8 heteroatoms. The summed E-state index contributed by atoms with van der Waals surface area (Å²) in [6.07, 6.45) is -1.37. The van der Waals surface area contributed by atoms with Crippen molar-refractivity contribution in [3.05, 3.63) is 60.2 Å². The van der Waals surface area contributed by atoms with E-state index >= 15 is 0 Å². The zero-order valence-corrected chi connectivity index (χ0v) is 14.1. The number of ether oxygens (including phenoxy) is 1. The summed E-state index contributed by atoms with van der Waals surface area (Å²) in [6.45, 7) is 0.887. The molecule has 0 saturated carbocycles. The predicted octanol–water partition coefficient (Wildman–Crippen LogP) is 2.51. The van der Waals surface area contributed by atoms with Crippen LogP contribution in [0.2, 0.25) is 0 Å². The van der Waals surface area contributed by atoms with Crippen LogP contribution in [0, 0.1) is 0 Å². The van der Waals surface area contributed by atoms with E-state index in [1.165, 1.54) is 29.2 Å². The fourth-order valence-electron chi connectivity index (χ4n) is 2.52. The number of hydrogen-bond acceptors (Lipinski definition) is 5. The van der Waals surface area contributed by atoms with Crippen molar-refractivity contribution in [1.29, 1.82) is 0 Å². The summed E-state index contributed by atoms with van der Waals surface area (Å²) in [5.41, 5.74) is 0.760. The van der Waals surface area contributed by atoms with Gasteiger partial charge in [-0.2, -0.15) is 8.42 Å². The van der Waals surface area contributed by atoms with Gasteiger partial charge >= 0.3 is 16.2 Å². The van der Waals surface area contributed by atoms with Gasteiger partial charge in [0.25, 0.3) is 0 Å². The third-order valence-corrected chi connectivity index (χ3v) is 5.09. The first-order valence-electron chi connectivity index (χ1n) is 7.65. The van der Waals surface area contributed by atoms with Crippen LogP contribution < -0.4 is 4.18 Å². The summed E-state index contributed by atoms with van der Waals surface area (Å²) in [5, 5.41) is 9.07. The molecule has 1 saturated heterocycles. The smallest absolute Gasteiger partial charge is 0.407 e. The molecule has 7 nitrogen and oxygen atoms in total. The number of morpholine rings is 1. The van der Waals surface area contributed by atoms with E-state index < -0.39 is 16.2 Å². The standard InChI is InChI=1S/C17H17NO6S/c19-17(20)18-10-11-23-16(12-18)13-6-8-14(9-7-13)24-25(21,22)15-4-2-1-3-5-15/h1-9,16H,10-12H2,(H,19,20)/t16-/m1/s1. The molecule has 0 bridgehead atoms. The van der Waals surface area contributed by atoms with Gasteiger partial charge in [-0.25, -0.2) is 4.79 Å². The molecule has 0 radical (unpaired) electrons. The molecule has 0 unspecified atom stereocenters. The van der Waals surface area contributed by atoms with E-state index in [0.29, 0.717) is 13.2 Å². The second kappa shape index (κ2) is 7.12. The Bertz CT molecular complexity index is 835. The topological polar surface area (TPSA) is 93.1 Å². The minimum absolute atomic E-state index is 0.0757. The monoisotopic (exact) mass is 363 g/mol. The number of benzene rings is 2. The van der Waals surface area contributed by atoms with Gasteiger partial charge in [0.1, 0.15) is 16.7 Å². The Kier molecular flexibility index (Phi) is 4.91. The van der Waals surface area contributed by atoms with Gasteiger partial charge in [-0.1, -0.05) is 30.3 Å². The zero-order valence-electron chi connectivity index (χ0n) is 13.2. The summed E-state index contributed by atoms with van der Waals surface area (Å²) in [4.78, 5) is 12.4. The second-order valence-corrected chi connectivity index (χ2v) is 7.05. The molecule has 1 fully saturated rings. The molecule has 0 spiro atoms. The quantitative estimate of drug-likeness (QED) is 0.839. The van der Waals surface area contributed by atoms with Crippen molar-refractivity contribution in [3.8, 4) is 5.75 Å². The van der Waals surface area contributed by atoms with Crippen molar-refractivity contribution in [1.82, 2.24) is 4.90 Å². The fourth-order valence-corrected chi connectivity index (χ4v) is 3.48. The van der Waals surface area contributed by atoms with Crippen molar-refractivity contribution < 1.29 is 27.2 Å². The molecule has 1 aliphatic heterocycles. The minimum Gasteiger partial charge on any atom is -0.465 e. The lowest BCUT2D eigenvalue weighted by Crippen LogP contribution is -2.41. The summed E-state index contributed by atoms with van der Waals surface area (Å²) in [5.74, 6) is 0.179. The number of nitrogens with zero attached hydrogens (tertiary/aromatic N) is 1. The molecule has 3 rings (SSSR count). The lowest BCUT2D eigenvalue weighted by atomic mass is 10.1. The van der Waals surface area contributed by atoms with E-state index in [0.717, 1.165) is 5.56 Å². The van der Waals surface area contributed by atoms with Crippen molar-refractivity contribution in [2.45, 2.75) is 11.0 Å². The van der Waals surface area contributed by atoms with Gasteiger partial charge in [-0.3, -0.25) is 0 Å². The average molecular weight is 363 g/mol. The van der Waals surface area contributed by atoms with E-state index in [4.69, 9.17) is 14.0 Å². The van der Waals surface area contributed by atoms with E-state index in [2.05, 4.69) is 0 Å². The molecule has 1 aliphatic rings. The fraction of sp³-hybridized carbons (Fsp3) is 0.235. The van der Waals surface area contributed by atoms with Crippen molar-refractivity contribution in [3.63, 3.8) is 0 Å². The first-order chi connectivity index (χ1) is 12.0. The second-order valence-electron chi connectivity index (χ2n) is 5.51. The van der Waals surface area contributed by atoms with Gasteiger partial charge in [0.2, 0.25) is 0 Å². The van der Waals surface area contributed by atoms with Crippen molar-refractivity contribution in [2.24, 2.45) is 0 Å². The highest BCUT2D eigenvalue weighted by Gasteiger charge is 2.25. The number of hydrogen-bond donors (Lipinski definition) is 1. The largest absolute Gasteiger partial charge is 0.465 e. The van der Waals surface area contributed by atoms with Crippen LogP contribution in [0.1, 0.15) is 11.7 Å². The van der Waals surface area contributed by atoms with Gasteiger partial charge < -0.3 is 18.9 Å². The molecule has 1 N–H and O–H groups in total. The van der Waals surface area contributed by atoms with Crippen LogP contribution in [0.5, 0.6) is 5.75 Å². The molecule has 0 aliphatic carbocycles. The van der Waals surface area contributed by atoms with E-state index in [1.54, 1.807) is 30.3 Å². The molecule has 0 aromatic heterocycles. The lowest BCUT2D eigenvalue weighted by Gasteiger charge is -2.31. The van der Waals surface area contributed by atoms with Crippen molar-refractivity contribution in [2.75, 3.05) is 19.7 Å². The normalized spacial score (nSPS) is 17.9. The van der Waals surface area contributed by atoms with Crippen LogP contribution >= 0.6 is 0 Å². The van der Waals surface area contributed by atoms with Gasteiger partial charge in [0, 0.05) is 6.54 Å². The zero-order chi connectivity index (χ0) is 17.9. The van der Waals surface area contributed by atoms with Gasteiger partial charge in [0.15, 0.2) is 0 Å². The number of amides is 1. The predicted molar refractivity (Wildman–Crippen MR) is 89.0 cm³/mol. The third kappa shape index (κ3) is 4.09. The van der Waals surface area contributed by atoms with Crippen molar-refractivity contribution >= 4 is 16.2 Å². The lowest BCUT2D eigenvalue weighted by molar-refractivity contribution is -0.0232.